The number of nitro groups is 1. The van der Waals surface area contributed by atoms with E-state index in [9.17, 15) is 19.3 Å². The number of hydrogen-bond acceptors (Lipinski definition) is 9. The molecule has 0 saturated heterocycles. The second-order valence-electron chi connectivity index (χ2n) is 5.93. The number of amides is 1. The number of benzene rings is 2. The Balaban J connectivity index is 1.56. The van der Waals surface area contributed by atoms with Crippen LogP contribution in [0.25, 0.3) is 0 Å². The first kappa shape index (κ1) is 18.9. The van der Waals surface area contributed by atoms with Crippen molar-refractivity contribution in [1.29, 1.82) is 0 Å². The molecule has 0 aliphatic carbocycles. The average Bonchev–Trinajstić information content (AvgIpc) is 3.20. The summed E-state index contributed by atoms with van der Waals surface area (Å²) in [4.78, 5) is 30.7. The molecule has 0 bridgehead atoms. The number of nitrogens with zero attached hydrogens (tertiary/aromatic N) is 3. The van der Waals surface area contributed by atoms with Gasteiger partial charge in [0, 0.05) is 11.8 Å². The summed E-state index contributed by atoms with van der Waals surface area (Å²) >= 11 is 0. The Morgan fingerprint density at radius 2 is 1.87 bits per heavy atom. The average molecular weight is 412 g/mol. The van der Waals surface area contributed by atoms with E-state index in [0.717, 1.165) is 12.4 Å². The van der Waals surface area contributed by atoms with Crippen LogP contribution in [0.15, 0.2) is 48.8 Å². The standard InChI is InChI=1S/C18H13FN6O5/c19-12-4-2-1-3-11(12)18(26)24-23-17-15(25(27)28)16(20-8-21-17)22-10-5-6-13-14(7-10)30-9-29-13/h1-8H,9H2,(H,24,26)(H2,20,21,22,23). The second-order valence-corrected chi connectivity index (χ2v) is 5.93. The maximum atomic E-state index is 13.7. The van der Waals surface area contributed by atoms with E-state index in [-0.39, 0.29) is 24.0 Å². The van der Waals surface area contributed by atoms with Gasteiger partial charge < -0.3 is 14.8 Å². The molecule has 1 aromatic heterocycles. The van der Waals surface area contributed by atoms with Gasteiger partial charge in [-0.3, -0.25) is 25.8 Å². The fourth-order valence-corrected chi connectivity index (χ4v) is 2.67. The van der Waals surface area contributed by atoms with Gasteiger partial charge in [0.25, 0.3) is 5.91 Å². The molecule has 1 aliphatic heterocycles. The zero-order valence-corrected chi connectivity index (χ0v) is 15.1. The van der Waals surface area contributed by atoms with Crippen molar-refractivity contribution >= 4 is 28.9 Å². The predicted molar refractivity (Wildman–Crippen MR) is 102 cm³/mol. The quantitative estimate of drug-likeness (QED) is 0.412. The fourth-order valence-electron chi connectivity index (χ4n) is 2.67. The predicted octanol–water partition coefficient (Wildman–Crippen LogP) is 2.75. The van der Waals surface area contributed by atoms with Gasteiger partial charge in [0.1, 0.15) is 12.1 Å². The minimum absolute atomic E-state index is 0.0855. The first-order valence-electron chi connectivity index (χ1n) is 8.50. The van der Waals surface area contributed by atoms with E-state index in [2.05, 4.69) is 26.1 Å². The number of hydrazine groups is 1. The van der Waals surface area contributed by atoms with Crippen molar-refractivity contribution in [2.45, 2.75) is 0 Å². The lowest BCUT2D eigenvalue weighted by atomic mass is 10.2. The van der Waals surface area contributed by atoms with Gasteiger partial charge in [-0.1, -0.05) is 12.1 Å². The summed E-state index contributed by atoms with van der Waals surface area (Å²) in [5.74, 6) is -0.951. The number of halogens is 1. The van der Waals surface area contributed by atoms with Gasteiger partial charge in [0.2, 0.25) is 18.4 Å². The zero-order valence-electron chi connectivity index (χ0n) is 15.1. The Kier molecular flexibility index (Phi) is 4.95. The van der Waals surface area contributed by atoms with Crippen molar-refractivity contribution in [3.05, 3.63) is 70.3 Å². The summed E-state index contributed by atoms with van der Waals surface area (Å²) in [6.45, 7) is 0.0855. The Hall–Kier alpha value is -4.48. The molecule has 0 unspecified atom stereocenters. The van der Waals surface area contributed by atoms with Crippen LogP contribution in [-0.4, -0.2) is 27.6 Å². The van der Waals surface area contributed by atoms with Gasteiger partial charge in [-0.05, 0) is 24.3 Å². The normalized spacial score (nSPS) is 11.6. The van der Waals surface area contributed by atoms with E-state index in [0.29, 0.717) is 17.2 Å². The van der Waals surface area contributed by atoms with Gasteiger partial charge >= 0.3 is 5.69 Å². The summed E-state index contributed by atoms with van der Waals surface area (Å²) < 4.78 is 24.2. The van der Waals surface area contributed by atoms with Crippen LogP contribution in [-0.2, 0) is 0 Å². The van der Waals surface area contributed by atoms with Crippen molar-refractivity contribution in [3.63, 3.8) is 0 Å². The van der Waals surface area contributed by atoms with Gasteiger partial charge in [0.15, 0.2) is 11.5 Å². The molecular weight excluding hydrogens is 399 g/mol. The highest BCUT2D eigenvalue weighted by Gasteiger charge is 2.24. The molecule has 0 fully saturated rings. The SMILES string of the molecule is O=C(NNc1ncnc(Nc2ccc3c(c2)OCO3)c1[N+](=O)[O-])c1ccccc1F. The number of hydrogen-bond donors (Lipinski definition) is 3. The minimum atomic E-state index is -0.828. The number of carbonyl (C=O) groups excluding carboxylic acids is 1. The molecule has 152 valence electrons. The molecular formula is C18H13FN6O5. The Morgan fingerprint density at radius 1 is 1.10 bits per heavy atom. The van der Waals surface area contributed by atoms with Crippen molar-refractivity contribution in [2.75, 3.05) is 17.5 Å². The highest BCUT2D eigenvalue weighted by Crippen LogP contribution is 2.37. The van der Waals surface area contributed by atoms with Crippen LogP contribution < -0.4 is 25.6 Å². The van der Waals surface area contributed by atoms with Crippen molar-refractivity contribution in [2.24, 2.45) is 0 Å². The highest BCUT2D eigenvalue weighted by molar-refractivity contribution is 5.95. The lowest BCUT2D eigenvalue weighted by molar-refractivity contribution is -0.383. The second kappa shape index (κ2) is 7.87. The molecule has 30 heavy (non-hydrogen) atoms. The summed E-state index contributed by atoms with van der Waals surface area (Å²) in [5, 5.41) is 14.4. The van der Waals surface area contributed by atoms with E-state index in [1.807, 2.05) is 0 Å². The van der Waals surface area contributed by atoms with E-state index in [1.165, 1.54) is 18.2 Å². The maximum absolute atomic E-state index is 13.7. The number of rotatable bonds is 6. The Bertz CT molecular complexity index is 1140. The first-order chi connectivity index (χ1) is 14.5. The first-order valence-corrected chi connectivity index (χ1v) is 8.50. The van der Waals surface area contributed by atoms with Gasteiger partial charge in [-0.2, -0.15) is 0 Å². The van der Waals surface area contributed by atoms with Crippen LogP contribution in [0, 0.1) is 15.9 Å². The van der Waals surface area contributed by atoms with Gasteiger partial charge in [-0.15, -0.1) is 0 Å². The molecule has 2 aromatic carbocycles. The van der Waals surface area contributed by atoms with Crippen LogP contribution in [0.3, 0.4) is 0 Å². The summed E-state index contributed by atoms with van der Waals surface area (Å²) in [6, 6.07) is 10.2. The van der Waals surface area contributed by atoms with E-state index < -0.39 is 22.3 Å². The number of ether oxygens (including phenoxy) is 2. The van der Waals surface area contributed by atoms with Crippen LogP contribution in [0.4, 0.5) is 27.4 Å². The fraction of sp³-hybridized carbons (Fsp3) is 0.0556. The molecule has 4 rings (SSSR count). The molecule has 0 spiro atoms. The van der Waals surface area contributed by atoms with Crippen LogP contribution in [0.1, 0.15) is 10.4 Å². The third-order valence-electron chi connectivity index (χ3n) is 4.05. The van der Waals surface area contributed by atoms with Crippen LogP contribution in [0.5, 0.6) is 11.5 Å². The molecule has 0 saturated carbocycles. The zero-order chi connectivity index (χ0) is 21.1. The molecule has 0 atom stereocenters. The van der Waals surface area contributed by atoms with Crippen LogP contribution >= 0.6 is 0 Å². The number of aromatic nitrogens is 2. The number of fused-ring (bicyclic) bond motifs is 1. The van der Waals surface area contributed by atoms with E-state index in [1.54, 1.807) is 18.2 Å². The molecule has 3 aromatic rings. The smallest absolute Gasteiger partial charge is 0.355 e. The maximum Gasteiger partial charge on any atom is 0.355 e. The van der Waals surface area contributed by atoms with E-state index >= 15 is 0 Å². The lowest BCUT2D eigenvalue weighted by Gasteiger charge is -2.11. The van der Waals surface area contributed by atoms with Crippen LogP contribution in [0.2, 0.25) is 0 Å². The third kappa shape index (κ3) is 3.73. The Morgan fingerprint density at radius 3 is 2.67 bits per heavy atom. The molecule has 2 heterocycles. The van der Waals surface area contributed by atoms with E-state index in [4.69, 9.17) is 9.47 Å². The number of anilines is 3. The Labute approximate surface area is 168 Å². The van der Waals surface area contributed by atoms with Crippen molar-refractivity contribution in [3.8, 4) is 11.5 Å². The lowest BCUT2D eigenvalue weighted by Crippen LogP contribution is -2.31. The third-order valence-corrected chi connectivity index (χ3v) is 4.05. The largest absolute Gasteiger partial charge is 0.454 e. The van der Waals surface area contributed by atoms with Crippen molar-refractivity contribution < 1.29 is 23.6 Å². The van der Waals surface area contributed by atoms with Crippen molar-refractivity contribution in [1.82, 2.24) is 15.4 Å². The molecule has 11 nitrogen and oxygen atoms in total. The number of carbonyl (C=O) groups is 1. The van der Waals surface area contributed by atoms with Gasteiger partial charge in [-0.25, -0.2) is 14.4 Å². The monoisotopic (exact) mass is 412 g/mol. The topological polar surface area (TPSA) is 141 Å². The molecule has 1 aliphatic rings. The summed E-state index contributed by atoms with van der Waals surface area (Å²) in [7, 11) is 0. The highest BCUT2D eigenvalue weighted by atomic mass is 19.1. The molecule has 12 heteroatoms. The van der Waals surface area contributed by atoms with Gasteiger partial charge in [0.05, 0.1) is 10.5 Å². The minimum Gasteiger partial charge on any atom is -0.454 e. The summed E-state index contributed by atoms with van der Waals surface area (Å²) in [5.41, 5.74) is 4.23. The summed E-state index contributed by atoms with van der Waals surface area (Å²) in [6.07, 6.45) is 1.07. The molecule has 1 amide bonds. The number of nitrogens with one attached hydrogen (secondary N) is 3. The molecule has 0 radical (unpaired) electrons. The molecule has 3 N–H and O–H groups in total.